The summed E-state index contributed by atoms with van der Waals surface area (Å²) in [6.45, 7) is 0.656. The summed E-state index contributed by atoms with van der Waals surface area (Å²) in [5.41, 5.74) is 7.91. The summed E-state index contributed by atoms with van der Waals surface area (Å²) >= 11 is 0. The molecule has 1 rings (SSSR count). The van der Waals surface area contributed by atoms with Gasteiger partial charge in [-0.15, -0.1) is 0 Å². The highest BCUT2D eigenvalue weighted by atomic mass is 14.5. The number of benzene rings is 1. The van der Waals surface area contributed by atoms with E-state index in [1.54, 1.807) is 0 Å². The maximum Gasteiger partial charge on any atom is 0.0663 e. The van der Waals surface area contributed by atoms with E-state index >= 15 is 0 Å². The van der Waals surface area contributed by atoms with E-state index in [2.05, 4.69) is 12.1 Å². The van der Waals surface area contributed by atoms with Gasteiger partial charge in [0.1, 0.15) is 0 Å². The summed E-state index contributed by atoms with van der Waals surface area (Å²) < 4.78 is 0. The second kappa shape index (κ2) is 5.95. The Hall–Kier alpha value is -1.59. The quantitative estimate of drug-likeness (QED) is 0.783. The van der Waals surface area contributed by atoms with Gasteiger partial charge in [0.25, 0.3) is 0 Å². The molecule has 0 radical (unpaired) electrons. The molecule has 0 saturated heterocycles. The number of hydrogen-bond acceptors (Lipinski definition) is 2. The van der Waals surface area contributed by atoms with Crippen molar-refractivity contribution in [1.29, 1.82) is 5.26 Å². The van der Waals surface area contributed by atoms with E-state index in [4.69, 9.17) is 11.0 Å². The molecule has 0 atom stereocenters. The van der Waals surface area contributed by atoms with Gasteiger partial charge in [0.2, 0.25) is 0 Å². The SMILES string of the molecule is N#CCC=Cc1ccccc1CCN. The van der Waals surface area contributed by atoms with Crippen LogP contribution < -0.4 is 5.73 Å². The molecule has 0 heterocycles. The van der Waals surface area contributed by atoms with Crippen molar-refractivity contribution in [2.45, 2.75) is 12.8 Å². The van der Waals surface area contributed by atoms with Crippen LogP contribution in [0.4, 0.5) is 0 Å². The van der Waals surface area contributed by atoms with Crippen LogP contribution in [0.5, 0.6) is 0 Å². The first-order valence-electron chi connectivity index (χ1n) is 4.70. The molecule has 0 aliphatic heterocycles. The van der Waals surface area contributed by atoms with E-state index < -0.39 is 0 Å². The smallest absolute Gasteiger partial charge is 0.0663 e. The minimum absolute atomic E-state index is 0.455. The first-order chi connectivity index (χ1) is 6.88. The summed E-state index contributed by atoms with van der Waals surface area (Å²) in [5.74, 6) is 0. The van der Waals surface area contributed by atoms with Gasteiger partial charge in [0.05, 0.1) is 12.5 Å². The molecule has 1 aromatic carbocycles. The molecule has 2 heteroatoms. The van der Waals surface area contributed by atoms with E-state index in [0.29, 0.717) is 13.0 Å². The first-order valence-corrected chi connectivity index (χ1v) is 4.70. The Morgan fingerprint density at radius 1 is 1.36 bits per heavy atom. The number of nitrogens with zero attached hydrogens (tertiary/aromatic N) is 1. The number of hydrogen-bond donors (Lipinski definition) is 1. The minimum atomic E-state index is 0.455. The molecule has 0 aliphatic rings. The fourth-order valence-electron chi connectivity index (χ4n) is 1.32. The van der Waals surface area contributed by atoms with Crippen LogP contribution in [0.1, 0.15) is 17.5 Å². The highest BCUT2D eigenvalue weighted by molar-refractivity contribution is 5.54. The van der Waals surface area contributed by atoms with E-state index in [1.807, 2.05) is 30.4 Å². The molecular formula is C12H14N2. The fraction of sp³-hybridized carbons (Fsp3) is 0.250. The zero-order chi connectivity index (χ0) is 10.2. The third-order valence-electron chi connectivity index (χ3n) is 1.98. The first kappa shape index (κ1) is 10.5. The predicted octanol–water partition coefficient (Wildman–Crippen LogP) is 2.11. The molecule has 0 bridgehead atoms. The molecule has 0 aromatic heterocycles. The third-order valence-corrected chi connectivity index (χ3v) is 1.98. The molecule has 72 valence electrons. The Balaban J connectivity index is 2.79. The second-order valence-corrected chi connectivity index (χ2v) is 3.00. The largest absolute Gasteiger partial charge is 0.330 e. The molecule has 0 aliphatic carbocycles. The van der Waals surface area contributed by atoms with Gasteiger partial charge in [0, 0.05) is 0 Å². The molecule has 0 amide bonds. The van der Waals surface area contributed by atoms with Crippen LogP contribution in [0.25, 0.3) is 6.08 Å². The van der Waals surface area contributed by atoms with Gasteiger partial charge in [-0.1, -0.05) is 36.4 Å². The van der Waals surface area contributed by atoms with Crippen molar-refractivity contribution >= 4 is 6.08 Å². The average Bonchev–Trinajstić information content (AvgIpc) is 2.21. The molecule has 1 aromatic rings. The van der Waals surface area contributed by atoms with Gasteiger partial charge in [-0.3, -0.25) is 0 Å². The molecule has 2 nitrogen and oxygen atoms in total. The Labute approximate surface area is 84.7 Å². The molecule has 2 N–H and O–H groups in total. The number of rotatable bonds is 4. The lowest BCUT2D eigenvalue weighted by molar-refractivity contribution is 0.966. The van der Waals surface area contributed by atoms with Gasteiger partial charge in [0.15, 0.2) is 0 Å². The van der Waals surface area contributed by atoms with Crippen molar-refractivity contribution in [3.8, 4) is 6.07 Å². The summed E-state index contributed by atoms with van der Waals surface area (Å²) in [6.07, 6.45) is 5.19. The van der Waals surface area contributed by atoms with Crippen molar-refractivity contribution in [2.75, 3.05) is 6.54 Å². The van der Waals surface area contributed by atoms with Crippen LogP contribution in [0.15, 0.2) is 30.3 Å². The second-order valence-electron chi connectivity index (χ2n) is 3.00. The molecule has 0 fully saturated rings. The predicted molar refractivity (Wildman–Crippen MR) is 58.5 cm³/mol. The average molecular weight is 186 g/mol. The standard InChI is InChI=1S/C12H14N2/c13-9-4-3-7-11-5-1-2-6-12(11)8-10-14/h1-3,5-7H,4,8,10,14H2. The summed E-state index contributed by atoms with van der Waals surface area (Å²) in [5, 5.41) is 8.40. The molecule has 0 unspecified atom stereocenters. The molecular weight excluding hydrogens is 172 g/mol. The summed E-state index contributed by atoms with van der Waals surface area (Å²) in [6, 6.07) is 10.2. The zero-order valence-electron chi connectivity index (χ0n) is 8.11. The van der Waals surface area contributed by atoms with Crippen LogP contribution in [-0.4, -0.2) is 6.54 Å². The van der Waals surface area contributed by atoms with Crippen LogP contribution in [0.3, 0.4) is 0 Å². The van der Waals surface area contributed by atoms with Crippen LogP contribution in [0.2, 0.25) is 0 Å². The van der Waals surface area contributed by atoms with Crippen LogP contribution in [0, 0.1) is 11.3 Å². The lowest BCUT2D eigenvalue weighted by Gasteiger charge is -2.03. The van der Waals surface area contributed by atoms with Gasteiger partial charge in [-0.05, 0) is 24.1 Å². The maximum absolute atomic E-state index is 8.40. The Bertz CT molecular complexity index is 348. The van der Waals surface area contributed by atoms with Gasteiger partial charge >= 0.3 is 0 Å². The van der Waals surface area contributed by atoms with E-state index in [0.717, 1.165) is 12.0 Å². The highest BCUT2D eigenvalue weighted by Crippen LogP contribution is 2.11. The summed E-state index contributed by atoms with van der Waals surface area (Å²) in [7, 11) is 0. The summed E-state index contributed by atoms with van der Waals surface area (Å²) in [4.78, 5) is 0. The van der Waals surface area contributed by atoms with E-state index in [1.165, 1.54) is 5.56 Å². The maximum atomic E-state index is 8.40. The fourth-order valence-corrected chi connectivity index (χ4v) is 1.32. The Morgan fingerprint density at radius 2 is 2.14 bits per heavy atom. The van der Waals surface area contributed by atoms with Gasteiger partial charge in [-0.25, -0.2) is 0 Å². The van der Waals surface area contributed by atoms with Crippen molar-refractivity contribution in [3.63, 3.8) is 0 Å². The minimum Gasteiger partial charge on any atom is -0.330 e. The van der Waals surface area contributed by atoms with Gasteiger partial charge < -0.3 is 5.73 Å². The van der Waals surface area contributed by atoms with Crippen LogP contribution in [-0.2, 0) is 6.42 Å². The lowest BCUT2D eigenvalue weighted by atomic mass is 10.0. The number of allylic oxidation sites excluding steroid dienone is 1. The monoisotopic (exact) mass is 186 g/mol. The molecule has 0 saturated carbocycles. The molecule has 0 spiro atoms. The van der Waals surface area contributed by atoms with E-state index in [9.17, 15) is 0 Å². The number of nitrogens with two attached hydrogens (primary N) is 1. The Morgan fingerprint density at radius 3 is 2.86 bits per heavy atom. The van der Waals surface area contributed by atoms with Crippen molar-refractivity contribution < 1.29 is 0 Å². The topological polar surface area (TPSA) is 49.8 Å². The van der Waals surface area contributed by atoms with E-state index in [-0.39, 0.29) is 0 Å². The normalized spacial score (nSPS) is 10.3. The molecule has 14 heavy (non-hydrogen) atoms. The van der Waals surface area contributed by atoms with Gasteiger partial charge in [-0.2, -0.15) is 5.26 Å². The van der Waals surface area contributed by atoms with Crippen molar-refractivity contribution in [2.24, 2.45) is 5.73 Å². The lowest BCUT2D eigenvalue weighted by Crippen LogP contribution is -2.03. The zero-order valence-corrected chi connectivity index (χ0v) is 8.11. The third kappa shape index (κ3) is 3.04. The Kier molecular flexibility index (Phi) is 4.46. The highest BCUT2D eigenvalue weighted by Gasteiger charge is 1.95. The van der Waals surface area contributed by atoms with Crippen LogP contribution >= 0.6 is 0 Å². The van der Waals surface area contributed by atoms with Crippen molar-refractivity contribution in [3.05, 3.63) is 41.5 Å². The number of nitriles is 1. The van der Waals surface area contributed by atoms with Crippen molar-refractivity contribution in [1.82, 2.24) is 0 Å².